The molecule has 15 heavy (non-hydrogen) atoms. The second kappa shape index (κ2) is 4.52. The van der Waals surface area contributed by atoms with Gasteiger partial charge in [0.15, 0.2) is 0 Å². The molecule has 0 aromatic heterocycles. The van der Waals surface area contributed by atoms with Crippen LogP contribution >= 0.6 is 11.6 Å². The van der Waals surface area contributed by atoms with Crippen molar-refractivity contribution in [2.75, 3.05) is 6.54 Å². The molecule has 1 aromatic rings. The van der Waals surface area contributed by atoms with Gasteiger partial charge in [0.05, 0.1) is 6.10 Å². The molecular weight excluding hydrogens is 210 g/mol. The fraction of sp³-hybridized carbons (Fsp3) is 0.500. The molecular formula is C12H16ClNO. The molecule has 3 N–H and O–H groups in total. The molecule has 0 saturated carbocycles. The second-order valence-corrected chi connectivity index (χ2v) is 4.51. The topological polar surface area (TPSA) is 46.2 Å². The van der Waals surface area contributed by atoms with Crippen molar-refractivity contribution in [3.05, 3.63) is 33.8 Å². The van der Waals surface area contributed by atoms with Crippen LogP contribution in [0, 0.1) is 0 Å². The van der Waals surface area contributed by atoms with Crippen LogP contribution in [0.4, 0.5) is 0 Å². The SMILES string of the molecule is NCC(O)c1cc(Cl)c2c(c1)CCCC2. The Kier molecular flexibility index (Phi) is 3.29. The Balaban J connectivity index is 2.40. The molecule has 1 aliphatic carbocycles. The van der Waals surface area contributed by atoms with Gasteiger partial charge in [-0.1, -0.05) is 17.7 Å². The van der Waals surface area contributed by atoms with Crippen LogP contribution in [0.1, 0.15) is 35.6 Å². The third kappa shape index (κ3) is 2.17. The quantitative estimate of drug-likeness (QED) is 0.811. The fourth-order valence-electron chi connectivity index (χ4n) is 2.17. The third-order valence-electron chi connectivity index (χ3n) is 3.04. The van der Waals surface area contributed by atoms with Crippen LogP contribution in [0.25, 0.3) is 0 Å². The molecule has 2 nitrogen and oxygen atoms in total. The Morgan fingerprint density at radius 1 is 1.33 bits per heavy atom. The number of benzene rings is 1. The van der Waals surface area contributed by atoms with Crippen molar-refractivity contribution in [3.63, 3.8) is 0 Å². The number of fused-ring (bicyclic) bond motifs is 1. The van der Waals surface area contributed by atoms with Crippen molar-refractivity contribution in [2.24, 2.45) is 5.73 Å². The molecule has 1 unspecified atom stereocenters. The lowest BCUT2D eigenvalue weighted by Crippen LogP contribution is -2.13. The van der Waals surface area contributed by atoms with E-state index in [0.717, 1.165) is 23.4 Å². The van der Waals surface area contributed by atoms with Crippen LogP contribution in [0.15, 0.2) is 12.1 Å². The number of hydrogen-bond donors (Lipinski definition) is 2. The van der Waals surface area contributed by atoms with Gasteiger partial charge in [0.2, 0.25) is 0 Å². The molecule has 1 aromatic carbocycles. The van der Waals surface area contributed by atoms with Gasteiger partial charge in [-0.3, -0.25) is 0 Å². The average molecular weight is 226 g/mol. The first-order valence-corrected chi connectivity index (χ1v) is 5.79. The van der Waals surface area contributed by atoms with E-state index < -0.39 is 6.10 Å². The molecule has 0 amide bonds. The molecule has 0 heterocycles. The van der Waals surface area contributed by atoms with Crippen LogP contribution in [-0.2, 0) is 12.8 Å². The normalized spacial score (nSPS) is 17.3. The predicted octanol–water partition coefficient (Wildman–Crippen LogP) is 2.21. The van der Waals surface area contributed by atoms with E-state index in [4.69, 9.17) is 17.3 Å². The number of nitrogens with two attached hydrogens (primary N) is 1. The molecule has 0 saturated heterocycles. The smallest absolute Gasteiger partial charge is 0.0912 e. The minimum atomic E-state index is -0.588. The van der Waals surface area contributed by atoms with Crippen molar-refractivity contribution < 1.29 is 5.11 Å². The minimum absolute atomic E-state index is 0.245. The van der Waals surface area contributed by atoms with E-state index in [-0.39, 0.29) is 6.54 Å². The summed E-state index contributed by atoms with van der Waals surface area (Å²) in [6.45, 7) is 0.245. The largest absolute Gasteiger partial charge is 0.387 e. The Bertz CT molecular complexity index is 365. The Morgan fingerprint density at radius 2 is 2.07 bits per heavy atom. The highest BCUT2D eigenvalue weighted by Crippen LogP contribution is 2.31. The van der Waals surface area contributed by atoms with Crippen molar-refractivity contribution in [2.45, 2.75) is 31.8 Å². The fourth-order valence-corrected chi connectivity index (χ4v) is 2.51. The van der Waals surface area contributed by atoms with Crippen LogP contribution < -0.4 is 5.73 Å². The van der Waals surface area contributed by atoms with Gasteiger partial charge in [-0.25, -0.2) is 0 Å². The zero-order chi connectivity index (χ0) is 10.8. The lowest BCUT2D eigenvalue weighted by Gasteiger charge is -2.19. The molecule has 3 heteroatoms. The maximum Gasteiger partial charge on any atom is 0.0912 e. The summed E-state index contributed by atoms with van der Waals surface area (Å²) in [6.07, 6.45) is 3.97. The molecule has 0 fully saturated rings. The average Bonchev–Trinajstić information content (AvgIpc) is 2.28. The number of aliphatic hydroxyl groups is 1. The number of halogens is 1. The Hall–Kier alpha value is -0.570. The van der Waals surface area contributed by atoms with E-state index in [9.17, 15) is 5.11 Å². The maximum atomic E-state index is 9.67. The minimum Gasteiger partial charge on any atom is -0.387 e. The Labute approximate surface area is 95.1 Å². The van der Waals surface area contributed by atoms with Crippen LogP contribution in [0.2, 0.25) is 5.02 Å². The van der Waals surface area contributed by atoms with E-state index >= 15 is 0 Å². The highest BCUT2D eigenvalue weighted by molar-refractivity contribution is 6.31. The molecule has 0 bridgehead atoms. The molecule has 0 spiro atoms. The molecule has 1 atom stereocenters. The van der Waals surface area contributed by atoms with E-state index in [1.165, 1.54) is 24.0 Å². The highest BCUT2D eigenvalue weighted by atomic mass is 35.5. The van der Waals surface area contributed by atoms with Crippen molar-refractivity contribution in [3.8, 4) is 0 Å². The summed E-state index contributed by atoms with van der Waals surface area (Å²) in [6, 6.07) is 3.90. The first-order valence-electron chi connectivity index (χ1n) is 5.41. The molecule has 0 radical (unpaired) electrons. The van der Waals surface area contributed by atoms with Crippen molar-refractivity contribution in [1.29, 1.82) is 0 Å². The van der Waals surface area contributed by atoms with Crippen molar-refractivity contribution >= 4 is 11.6 Å². The van der Waals surface area contributed by atoms with Gasteiger partial charge >= 0.3 is 0 Å². The summed E-state index contributed by atoms with van der Waals surface area (Å²) in [4.78, 5) is 0. The summed E-state index contributed by atoms with van der Waals surface area (Å²) in [5, 5.41) is 10.5. The lowest BCUT2D eigenvalue weighted by molar-refractivity contribution is 0.186. The summed E-state index contributed by atoms with van der Waals surface area (Å²) in [5.41, 5.74) is 8.84. The zero-order valence-electron chi connectivity index (χ0n) is 8.67. The predicted molar refractivity (Wildman–Crippen MR) is 62.1 cm³/mol. The lowest BCUT2D eigenvalue weighted by atomic mass is 9.89. The Morgan fingerprint density at radius 3 is 2.80 bits per heavy atom. The van der Waals surface area contributed by atoms with Gasteiger partial charge in [-0.2, -0.15) is 0 Å². The summed E-state index contributed by atoms with van der Waals surface area (Å²) >= 11 is 6.20. The highest BCUT2D eigenvalue weighted by Gasteiger charge is 2.16. The summed E-state index contributed by atoms with van der Waals surface area (Å²) < 4.78 is 0. The molecule has 2 rings (SSSR count). The second-order valence-electron chi connectivity index (χ2n) is 4.10. The van der Waals surface area contributed by atoms with Gasteiger partial charge < -0.3 is 10.8 Å². The van der Waals surface area contributed by atoms with Crippen LogP contribution in [-0.4, -0.2) is 11.7 Å². The van der Waals surface area contributed by atoms with Gasteiger partial charge in [0.25, 0.3) is 0 Å². The third-order valence-corrected chi connectivity index (χ3v) is 3.38. The summed E-state index contributed by atoms with van der Waals surface area (Å²) in [5.74, 6) is 0. The number of aliphatic hydroxyl groups excluding tert-OH is 1. The van der Waals surface area contributed by atoms with E-state index in [1.54, 1.807) is 0 Å². The van der Waals surface area contributed by atoms with Crippen molar-refractivity contribution in [1.82, 2.24) is 0 Å². The zero-order valence-corrected chi connectivity index (χ0v) is 9.43. The molecule has 0 aliphatic heterocycles. The van der Waals surface area contributed by atoms with Crippen LogP contribution in [0.5, 0.6) is 0 Å². The van der Waals surface area contributed by atoms with Gasteiger partial charge in [-0.15, -0.1) is 0 Å². The van der Waals surface area contributed by atoms with E-state index in [1.807, 2.05) is 6.07 Å². The van der Waals surface area contributed by atoms with Gasteiger partial charge in [0.1, 0.15) is 0 Å². The molecule has 1 aliphatic rings. The summed E-state index contributed by atoms with van der Waals surface area (Å²) in [7, 11) is 0. The number of hydrogen-bond acceptors (Lipinski definition) is 2. The van der Waals surface area contributed by atoms with E-state index in [0.29, 0.717) is 0 Å². The van der Waals surface area contributed by atoms with Gasteiger partial charge in [0, 0.05) is 11.6 Å². The first kappa shape index (κ1) is 10.9. The molecule has 82 valence electrons. The van der Waals surface area contributed by atoms with Crippen LogP contribution in [0.3, 0.4) is 0 Å². The van der Waals surface area contributed by atoms with Gasteiger partial charge in [-0.05, 0) is 48.4 Å². The standard InChI is InChI=1S/C12H16ClNO/c13-11-6-9(12(15)7-14)5-8-3-1-2-4-10(8)11/h5-6,12,15H,1-4,7,14H2. The van der Waals surface area contributed by atoms with E-state index in [2.05, 4.69) is 6.07 Å². The number of aryl methyl sites for hydroxylation is 1. The number of rotatable bonds is 2. The monoisotopic (exact) mass is 225 g/mol. The maximum absolute atomic E-state index is 9.67. The first-order chi connectivity index (χ1) is 7.22.